The van der Waals surface area contributed by atoms with Crippen molar-refractivity contribution in [3.8, 4) is 0 Å². The quantitative estimate of drug-likeness (QED) is 0.661. The van der Waals surface area contributed by atoms with Crippen molar-refractivity contribution in [2.24, 2.45) is 0 Å². The SMILES string of the molecule is Cc1ccc(Nc2nc(NCC3CCCO3)nc3[nH]ncc23)cc1C. The van der Waals surface area contributed by atoms with Crippen LogP contribution in [0.2, 0.25) is 0 Å². The summed E-state index contributed by atoms with van der Waals surface area (Å²) in [6.45, 7) is 5.75. The molecule has 1 aliphatic heterocycles. The molecule has 0 aliphatic carbocycles. The van der Waals surface area contributed by atoms with Gasteiger partial charge in [-0.2, -0.15) is 15.1 Å². The lowest BCUT2D eigenvalue weighted by Crippen LogP contribution is -2.19. The van der Waals surface area contributed by atoms with Crippen LogP contribution in [0, 0.1) is 13.8 Å². The number of aromatic amines is 1. The molecule has 3 aromatic rings. The second-order valence-corrected chi connectivity index (χ2v) is 6.47. The highest BCUT2D eigenvalue weighted by molar-refractivity contribution is 5.89. The third-order valence-corrected chi connectivity index (χ3v) is 4.59. The fourth-order valence-corrected chi connectivity index (χ4v) is 2.98. The molecule has 7 nitrogen and oxygen atoms in total. The second kappa shape index (κ2) is 6.68. The van der Waals surface area contributed by atoms with Gasteiger partial charge in [-0.15, -0.1) is 0 Å². The Kier molecular flexibility index (Phi) is 4.23. The van der Waals surface area contributed by atoms with E-state index in [1.54, 1.807) is 6.20 Å². The Morgan fingerprint density at radius 2 is 2.16 bits per heavy atom. The second-order valence-electron chi connectivity index (χ2n) is 6.47. The van der Waals surface area contributed by atoms with Gasteiger partial charge in [0.25, 0.3) is 0 Å². The number of ether oxygens (including phenoxy) is 1. The maximum Gasteiger partial charge on any atom is 0.226 e. The average Bonchev–Trinajstić information content (AvgIpc) is 3.27. The van der Waals surface area contributed by atoms with Crippen LogP contribution < -0.4 is 10.6 Å². The normalized spacial score (nSPS) is 17.1. The number of benzene rings is 1. The number of aromatic nitrogens is 4. The van der Waals surface area contributed by atoms with Gasteiger partial charge >= 0.3 is 0 Å². The number of H-pyrrole nitrogens is 1. The Balaban J connectivity index is 1.59. The maximum absolute atomic E-state index is 5.64. The molecular formula is C18H22N6O. The predicted molar refractivity (Wildman–Crippen MR) is 98.3 cm³/mol. The fourth-order valence-electron chi connectivity index (χ4n) is 2.98. The van der Waals surface area contributed by atoms with Crippen LogP contribution in [0.25, 0.3) is 11.0 Å². The molecular weight excluding hydrogens is 316 g/mol. The molecule has 1 fully saturated rings. The van der Waals surface area contributed by atoms with E-state index in [4.69, 9.17) is 4.74 Å². The minimum atomic E-state index is 0.234. The summed E-state index contributed by atoms with van der Waals surface area (Å²) in [7, 11) is 0. The molecule has 1 aliphatic rings. The van der Waals surface area contributed by atoms with Crippen LogP contribution in [-0.4, -0.2) is 39.4 Å². The molecule has 1 saturated heterocycles. The molecule has 0 radical (unpaired) electrons. The smallest absolute Gasteiger partial charge is 0.226 e. The first-order valence-corrected chi connectivity index (χ1v) is 8.60. The van der Waals surface area contributed by atoms with Gasteiger partial charge < -0.3 is 15.4 Å². The summed E-state index contributed by atoms with van der Waals surface area (Å²) >= 11 is 0. The summed E-state index contributed by atoms with van der Waals surface area (Å²) in [4.78, 5) is 9.13. The van der Waals surface area contributed by atoms with Crippen LogP contribution in [0.4, 0.5) is 17.5 Å². The maximum atomic E-state index is 5.64. The van der Waals surface area contributed by atoms with Crippen molar-refractivity contribution in [2.45, 2.75) is 32.8 Å². The van der Waals surface area contributed by atoms with E-state index in [-0.39, 0.29) is 6.10 Å². The van der Waals surface area contributed by atoms with Crippen LogP contribution in [0.5, 0.6) is 0 Å². The zero-order chi connectivity index (χ0) is 17.2. The van der Waals surface area contributed by atoms with Gasteiger partial charge in [0.15, 0.2) is 5.65 Å². The summed E-state index contributed by atoms with van der Waals surface area (Å²) in [5, 5.41) is 14.5. The Morgan fingerprint density at radius 1 is 1.24 bits per heavy atom. The first kappa shape index (κ1) is 15.8. The molecule has 1 atom stereocenters. The number of aryl methyl sites for hydroxylation is 2. The molecule has 4 rings (SSSR count). The first-order chi connectivity index (χ1) is 12.2. The number of anilines is 3. The number of fused-ring (bicyclic) bond motifs is 1. The third-order valence-electron chi connectivity index (χ3n) is 4.59. The minimum Gasteiger partial charge on any atom is -0.376 e. The summed E-state index contributed by atoms with van der Waals surface area (Å²) in [6, 6.07) is 6.26. The molecule has 0 bridgehead atoms. The van der Waals surface area contributed by atoms with E-state index in [0.717, 1.165) is 36.3 Å². The van der Waals surface area contributed by atoms with Gasteiger partial charge in [0, 0.05) is 18.8 Å². The Hall–Kier alpha value is -2.67. The summed E-state index contributed by atoms with van der Waals surface area (Å²) in [5.41, 5.74) is 4.20. The van der Waals surface area contributed by atoms with E-state index in [1.165, 1.54) is 11.1 Å². The monoisotopic (exact) mass is 338 g/mol. The van der Waals surface area contributed by atoms with E-state index >= 15 is 0 Å². The number of nitrogens with zero attached hydrogens (tertiary/aromatic N) is 3. The lowest BCUT2D eigenvalue weighted by atomic mass is 10.1. The van der Waals surface area contributed by atoms with Crippen molar-refractivity contribution >= 4 is 28.5 Å². The highest BCUT2D eigenvalue weighted by Gasteiger charge is 2.16. The van der Waals surface area contributed by atoms with Crippen LogP contribution in [-0.2, 0) is 4.74 Å². The summed E-state index contributed by atoms with van der Waals surface area (Å²) in [5.74, 6) is 1.30. The fraction of sp³-hybridized carbons (Fsp3) is 0.389. The Morgan fingerprint density at radius 3 is 2.96 bits per heavy atom. The van der Waals surface area contributed by atoms with Gasteiger partial charge in [0.1, 0.15) is 5.82 Å². The Labute approximate surface area is 146 Å². The lowest BCUT2D eigenvalue weighted by Gasteiger charge is -2.13. The van der Waals surface area contributed by atoms with Gasteiger partial charge in [0.2, 0.25) is 5.95 Å². The third kappa shape index (κ3) is 3.41. The van der Waals surface area contributed by atoms with Crippen molar-refractivity contribution in [3.05, 3.63) is 35.5 Å². The average molecular weight is 338 g/mol. The highest BCUT2D eigenvalue weighted by Crippen LogP contribution is 2.25. The molecule has 1 aromatic carbocycles. The van der Waals surface area contributed by atoms with E-state index in [9.17, 15) is 0 Å². The van der Waals surface area contributed by atoms with Crippen LogP contribution in [0.3, 0.4) is 0 Å². The van der Waals surface area contributed by atoms with Crippen molar-refractivity contribution in [1.29, 1.82) is 0 Å². The van der Waals surface area contributed by atoms with Crippen molar-refractivity contribution < 1.29 is 4.74 Å². The number of nitrogens with one attached hydrogen (secondary N) is 3. The number of hydrogen-bond donors (Lipinski definition) is 3. The van der Waals surface area contributed by atoms with Gasteiger partial charge in [0.05, 0.1) is 17.7 Å². The van der Waals surface area contributed by atoms with Gasteiger partial charge in [-0.05, 0) is 49.9 Å². The molecule has 25 heavy (non-hydrogen) atoms. The van der Waals surface area contributed by atoms with Crippen LogP contribution in [0.15, 0.2) is 24.4 Å². The number of hydrogen-bond acceptors (Lipinski definition) is 6. The standard InChI is InChI=1S/C18H22N6O/c1-11-5-6-13(8-12(11)2)21-16-15-10-20-24-17(15)23-18(22-16)19-9-14-4-3-7-25-14/h5-6,8,10,14H,3-4,7,9H2,1-2H3,(H3,19,20,21,22,23,24). The van der Waals surface area contributed by atoms with E-state index in [0.29, 0.717) is 18.1 Å². The predicted octanol–water partition coefficient (Wildman–Crippen LogP) is 3.30. The zero-order valence-corrected chi connectivity index (χ0v) is 14.5. The lowest BCUT2D eigenvalue weighted by molar-refractivity contribution is 0.120. The van der Waals surface area contributed by atoms with E-state index in [2.05, 4.69) is 62.8 Å². The molecule has 130 valence electrons. The number of rotatable bonds is 5. The van der Waals surface area contributed by atoms with Crippen LogP contribution in [0.1, 0.15) is 24.0 Å². The van der Waals surface area contributed by atoms with Crippen molar-refractivity contribution in [2.75, 3.05) is 23.8 Å². The van der Waals surface area contributed by atoms with E-state index < -0.39 is 0 Å². The van der Waals surface area contributed by atoms with Crippen molar-refractivity contribution in [3.63, 3.8) is 0 Å². The molecule has 7 heteroatoms. The first-order valence-electron chi connectivity index (χ1n) is 8.60. The zero-order valence-electron chi connectivity index (χ0n) is 14.5. The summed E-state index contributed by atoms with van der Waals surface area (Å²) < 4.78 is 5.64. The molecule has 3 heterocycles. The van der Waals surface area contributed by atoms with Gasteiger partial charge in [-0.3, -0.25) is 5.10 Å². The topological polar surface area (TPSA) is 87.8 Å². The van der Waals surface area contributed by atoms with Crippen molar-refractivity contribution in [1.82, 2.24) is 20.2 Å². The van der Waals surface area contributed by atoms with Crippen LogP contribution >= 0.6 is 0 Å². The molecule has 0 spiro atoms. The van der Waals surface area contributed by atoms with Gasteiger partial charge in [-0.1, -0.05) is 6.07 Å². The molecule has 2 aromatic heterocycles. The molecule has 3 N–H and O–H groups in total. The molecule has 1 unspecified atom stereocenters. The molecule has 0 amide bonds. The molecule has 0 saturated carbocycles. The Bertz CT molecular complexity index is 884. The summed E-state index contributed by atoms with van der Waals surface area (Å²) in [6.07, 6.45) is 4.17. The highest BCUT2D eigenvalue weighted by atomic mass is 16.5. The van der Waals surface area contributed by atoms with Gasteiger partial charge in [-0.25, -0.2) is 0 Å². The van der Waals surface area contributed by atoms with E-state index in [1.807, 2.05) is 0 Å². The largest absolute Gasteiger partial charge is 0.376 e. The minimum absolute atomic E-state index is 0.234.